The minimum absolute atomic E-state index is 0.0375. The molecule has 1 amide bonds. The lowest BCUT2D eigenvalue weighted by Gasteiger charge is -2.18. The van der Waals surface area contributed by atoms with Gasteiger partial charge in [0.1, 0.15) is 0 Å². The molecule has 0 saturated heterocycles. The van der Waals surface area contributed by atoms with Crippen LogP contribution in [0.3, 0.4) is 0 Å². The van der Waals surface area contributed by atoms with Gasteiger partial charge >= 0.3 is 0 Å². The average Bonchev–Trinajstić information content (AvgIpc) is 2.66. The molecule has 0 bridgehead atoms. The Balaban J connectivity index is 1.77. The lowest BCUT2D eigenvalue weighted by atomic mass is 9.91. The van der Waals surface area contributed by atoms with E-state index in [-0.39, 0.29) is 17.4 Å². The molecular formula is C24H29N3O3S. The number of rotatable bonds is 5. The van der Waals surface area contributed by atoms with Crippen LogP contribution in [0.5, 0.6) is 0 Å². The number of hydrogen-bond acceptors (Lipinski definition) is 4. The van der Waals surface area contributed by atoms with Gasteiger partial charge < -0.3 is 5.32 Å². The number of pyridine rings is 1. The van der Waals surface area contributed by atoms with E-state index in [0.717, 1.165) is 34.0 Å². The van der Waals surface area contributed by atoms with Gasteiger partial charge in [-0.2, -0.15) is 0 Å². The number of nitrogens with one attached hydrogen (secondary N) is 2. The van der Waals surface area contributed by atoms with Gasteiger partial charge in [0, 0.05) is 22.1 Å². The summed E-state index contributed by atoms with van der Waals surface area (Å²) < 4.78 is 25.4. The molecule has 2 aromatic carbocycles. The lowest BCUT2D eigenvalue weighted by Crippen LogP contribution is -2.26. The van der Waals surface area contributed by atoms with Crippen molar-refractivity contribution in [1.29, 1.82) is 0 Å². The first kappa shape index (κ1) is 22.7. The molecule has 0 aliphatic heterocycles. The number of amides is 1. The Kier molecular flexibility index (Phi) is 6.09. The standard InChI is InChI=1S/C24H29N3O3S/c1-15-13-17(7-10-20(15)27-31(6,29)30)16(2)25-23(28)19-8-11-21-18(14-19)9-12-22(26-21)24(3,4)5/h7-14,16,27H,1-6H3,(H,25,28)/t16-/m1/s1. The van der Waals surface area contributed by atoms with E-state index in [1.54, 1.807) is 12.1 Å². The van der Waals surface area contributed by atoms with Crippen LogP contribution in [-0.2, 0) is 15.4 Å². The molecule has 31 heavy (non-hydrogen) atoms. The zero-order valence-electron chi connectivity index (χ0n) is 18.8. The molecule has 0 spiro atoms. The number of carbonyl (C=O) groups is 1. The molecular weight excluding hydrogens is 410 g/mol. The number of sulfonamides is 1. The van der Waals surface area contributed by atoms with Gasteiger partial charge in [-0.25, -0.2) is 8.42 Å². The van der Waals surface area contributed by atoms with Crippen molar-refractivity contribution in [2.24, 2.45) is 0 Å². The van der Waals surface area contributed by atoms with Crippen LogP contribution in [0.25, 0.3) is 10.9 Å². The van der Waals surface area contributed by atoms with Gasteiger partial charge in [-0.05, 0) is 55.3 Å². The summed E-state index contributed by atoms with van der Waals surface area (Å²) in [6.45, 7) is 10.1. The molecule has 1 heterocycles. The molecule has 0 unspecified atom stereocenters. The number of hydrogen-bond donors (Lipinski definition) is 2. The van der Waals surface area contributed by atoms with Gasteiger partial charge in [0.2, 0.25) is 10.0 Å². The minimum Gasteiger partial charge on any atom is -0.346 e. The van der Waals surface area contributed by atoms with E-state index in [2.05, 4.69) is 30.8 Å². The fourth-order valence-corrected chi connectivity index (χ4v) is 3.95. The number of fused-ring (bicyclic) bond motifs is 1. The van der Waals surface area contributed by atoms with Gasteiger partial charge in [-0.3, -0.25) is 14.5 Å². The highest BCUT2D eigenvalue weighted by Crippen LogP contribution is 2.25. The predicted octanol–water partition coefficient (Wildman–Crippen LogP) is 4.70. The summed E-state index contributed by atoms with van der Waals surface area (Å²) in [7, 11) is -3.34. The van der Waals surface area contributed by atoms with Crippen molar-refractivity contribution in [2.45, 2.75) is 46.1 Å². The summed E-state index contributed by atoms with van der Waals surface area (Å²) in [5.41, 5.74) is 4.61. The van der Waals surface area contributed by atoms with Crippen molar-refractivity contribution in [3.63, 3.8) is 0 Å². The zero-order chi connectivity index (χ0) is 23.0. The van der Waals surface area contributed by atoms with E-state index in [0.29, 0.717) is 11.3 Å². The van der Waals surface area contributed by atoms with Gasteiger partial charge in [-0.1, -0.05) is 39.0 Å². The quantitative estimate of drug-likeness (QED) is 0.603. The third kappa shape index (κ3) is 5.61. The van der Waals surface area contributed by atoms with E-state index in [1.807, 2.05) is 50.2 Å². The molecule has 0 radical (unpaired) electrons. The topological polar surface area (TPSA) is 88.2 Å². The summed E-state index contributed by atoms with van der Waals surface area (Å²) in [6.07, 6.45) is 1.12. The average molecular weight is 440 g/mol. The van der Waals surface area contributed by atoms with Crippen molar-refractivity contribution >= 4 is 32.5 Å². The fraction of sp³-hybridized carbons (Fsp3) is 0.333. The molecule has 7 heteroatoms. The van der Waals surface area contributed by atoms with E-state index in [1.165, 1.54) is 0 Å². The van der Waals surface area contributed by atoms with Crippen LogP contribution in [0.15, 0.2) is 48.5 Å². The predicted molar refractivity (Wildman–Crippen MR) is 126 cm³/mol. The first-order valence-electron chi connectivity index (χ1n) is 10.1. The Morgan fingerprint density at radius 1 is 1.03 bits per heavy atom. The smallest absolute Gasteiger partial charge is 0.251 e. The van der Waals surface area contributed by atoms with Crippen molar-refractivity contribution in [2.75, 3.05) is 11.0 Å². The Labute approximate surface area is 184 Å². The third-order valence-electron chi connectivity index (χ3n) is 5.11. The highest BCUT2D eigenvalue weighted by molar-refractivity contribution is 7.92. The lowest BCUT2D eigenvalue weighted by molar-refractivity contribution is 0.0940. The van der Waals surface area contributed by atoms with Crippen LogP contribution in [0.4, 0.5) is 5.69 Å². The first-order valence-corrected chi connectivity index (χ1v) is 12.0. The molecule has 0 fully saturated rings. The molecule has 0 saturated carbocycles. The summed E-state index contributed by atoms with van der Waals surface area (Å²) in [5, 5.41) is 3.93. The Morgan fingerprint density at radius 2 is 1.74 bits per heavy atom. The summed E-state index contributed by atoms with van der Waals surface area (Å²) in [5.74, 6) is -0.176. The van der Waals surface area contributed by atoms with Crippen molar-refractivity contribution in [3.05, 3.63) is 70.9 Å². The van der Waals surface area contributed by atoms with Crippen molar-refractivity contribution < 1.29 is 13.2 Å². The van der Waals surface area contributed by atoms with Gasteiger partial charge in [0.15, 0.2) is 0 Å². The van der Waals surface area contributed by atoms with Gasteiger partial charge in [-0.15, -0.1) is 0 Å². The largest absolute Gasteiger partial charge is 0.346 e. The van der Waals surface area contributed by atoms with Crippen LogP contribution < -0.4 is 10.0 Å². The molecule has 2 N–H and O–H groups in total. The summed E-state index contributed by atoms with van der Waals surface area (Å²) in [6, 6.07) is 14.7. The van der Waals surface area contributed by atoms with Crippen LogP contribution in [-0.4, -0.2) is 25.6 Å². The van der Waals surface area contributed by atoms with E-state index in [4.69, 9.17) is 4.98 Å². The fourth-order valence-electron chi connectivity index (χ4n) is 3.32. The molecule has 164 valence electrons. The van der Waals surface area contributed by atoms with Crippen molar-refractivity contribution in [1.82, 2.24) is 10.3 Å². The molecule has 6 nitrogen and oxygen atoms in total. The van der Waals surface area contributed by atoms with E-state index < -0.39 is 10.0 Å². The SMILES string of the molecule is Cc1cc([C@@H](C)NC(=O)c2ccc3nc(C(C)(C)C)ccc3c2)ccc1NS(C)(=O)=O. The van der Waals surface area contributed by atoms with Crippen LogP contribution >= 0.6 is 0 Å². The van der Waals surface area contributed by atoms with Crippen LogP contribution in [0.2, 0.25) is 0 Å². The normalized spacial score (nSPS) is 13.1. The second-order valence-corrected chi connectivity index (χ2v) is 10.7. The number of aryl methyl sites for hydroxylation is 1. The molecule has 0 aliphatic carbocycles. The summed E-state index contributed by atoms with van der Waals surface area (Å²) in [4.78, 5) is 17.5. The maximum Gasteiger partial charge on any atom is 0.251 e. The Bertz CT molecular complexity index is 1240. The molecule has 3 aromatic rings. The number of carbonyl (C=O) groups excluding carboxylic acids is 1. The van der Waals surface area contributed by atoms with Gasteiger partial charge in [0.05, 0.1) is 23.5 Å². The van der Waals surface area contributed by atoms with Gasteiger partial charge in [0.25, 0.3) is 5.91 Å². The highest BCUT2D eigenvalue weighted by atomic mass is 32.2. The second kappa shape index (κ2) is 8.30. The maximum absolute atomic E-state index is 12.8. The zero-order valence-corrected chi connectivity index (χ0v) is 19.6. The molecule has 1 atom stereocenters. The molecule has 1 aromatic heterocycles. The monoisotopic (exact) mass is 439 g/mol. The first-order chi connectivity index (χ1) is 14.3. The maximum atomic E-state index is 12.8. The Morgan fingerprint density at radius 3 is 2.35 bits per heavy atom. The van der Waals surface area contributed by atoms with Crippen LogP contribution in [0, 0.1) is 6.92 Å². The summed E-state index contributed by atoms with van der Waals surface area (Å²) >= 11 is 0. The number of aromatic nitrogens is 1. The van der Waals surface area contributed by atoms with Crippen molar-refractivity contribution in [3.8, 4) is 0 Å². The number of benzene rings is 2. The number of nitrogens with zero attached hydrogens (tertiary/aromatic N) is 1. The minimum atomic E-state index is -3.34. The van der Waals surface area contributed by atoms with E-state index in [9.17, 15) is 13.2 Å². The van der Waals surface area contributed by atoms with Crippen LogP contribution in [0.1, 0.15) is 60.9 Å². The number of anilines is 1. The highest BCUT2D eigenvalue weighted by Gasteiger charge is 2.17. The molecule has 0 aliphatic rings. The second-order valence-electron chi connectivity index (χ2n) is 9.00. The van der Waals surface area contributed by atoms with E-state index >= 15 is 0 Å². The third-order valence-corrected chi connectivity index (χ3v) is 5.70. The Hall–Kier alpha value is -2.93. The molecule has 3 rings (SSSR count).